The smallest absolute Gasteiger partial charge is 0.0492 e. The second-order valence-corrected chi connectivity index (χ2v) is 25.7. The summed E-state index contributed by atoms with van der Waals surface area (Å²) in [6, 6.07) is 19.8. The summed E-state index contributed by atoms with van der Waals surface area (Å²) in [6.07, 6.45) is 3.76. The highest BCUT2D eigenvalue weighted by molar-refractivity contribution is 9.13. The van der Waals surface area contributed by atoms with Gasteiger partial charge in [-0.15, -0.1) is 0 Å². The highest BCUT2D eigenvalue weighted by atomic mass is 79.9. The first-order valence-corrected chi connectivity index (χ1v) is 32.3. The largest absolute Gasteiger partial charge is 0.0913 e. The molecule has 6 atom stereocenters. The molecule has 1 saturated carbocycles. The number of hydrogen-bond acceptors (Lipinski definition) is 0. The molecule has 3 aromatic carbocycles. The van der Waals surface area contributed by atoms with E-state index in [0.29, 0.717) is 14.5 Å². The number of alkyl halides is 15. The van der Waals surface area contributed by atoms with Crippen molar-refractivity contribution in [2.45, 2.75) is 93.6 Å². The van der Waals surface area contributed by atoms with E-state index in [1.807, 2.05) is 0 Å². The molecule has 1 aliphatic rings. The maximum Gasteiger partial charge on any atom is 0.0492 e. The van der Waals surface area contributed by atoms with E-state index in [9.17, 15) is 0 Å². The number of hydrogen-bond donors (Lipinski definition) is 0. The van der Waals surface area contributed by atoms with Crippen molar-refractivity contribution < 1.29 is 0 Å². The van der Waals surface area contributed by atoms with Crippen molar-refractivity contribution in [2.24, 2.45) is 5.92 Å². The van der Waals surface area contributed by atoms with Gasteiger partial charge in [-0.05, 0) is 89.1 Å². The van der Waals surface area contributed by atoms with E-state index >= 15 is 0 Å². The Labute approximate surface area is 451 Å². The quantitative estimate of drug-likeness (QED) is 0.150. The lowest BCUT2D eigenvalue weighted by atomic mass is 9.77. The SMILES string of the molecule is BrCC(Br)c1ccc(C(Br)CBr)cc1.BrCc1cc(CBr)c(CBr)cc1CBr.BrCc1cc(CBr)cc(CBr)c1.CC1(Br)CCC(C(C)(Br)CBr)CC1Br. The summed E-state index contributed by atoms with van der Waals surface area (Å²) in [6.45, 7) is 4.56. The monoisotopic (exact) mass is 1700 g/mol. The van der Waals surface area contributed by atoms with Crippen LogP contribution in [-0.4, -0.2) is 29.5 Å². The van der Waals surface area contributed by atoms with Gasteiger partial charge in [0, 0.05) is 76.4 Å². The van der Waals surface area contributed by atoms with E-state index in [4.69, 9.17) is 0 Å². The molecule has 0 bridgehead atoms. The minimum absolute atomic E-state index is 0.239. The third-order valence-corrected chi connectivity index (χ3v) is 23.7. The van der Waals surface area contributed by atoms with Crippen molar-refractivity contribution in [1.29, 1.82) is 0 Å². The van der Waals surface area contributed by atoms with Gasteiger partial charge in [-0.1, -0.05) is 294 Å². The first-order valence-electron chi connectivity index (χ1n) is 16.8. The van der Waals surface area contributed by atoms with E-state index in [1.54, 1.807) is 0 Å². The summed E-state index contributed by atoms with van der Waals surface area (Å²) in [7, 11) is 0. The van der Waals surface area contributed by atoms with Crippen LogP contribution in [0.25, 0.3) is 0 Å². The van der Waals surface area contributed by atoms with Crippen molar-refractivity contribution >= 4 is 239 Å². The maximum absolute atomic E-state index is 3.82. The van der Waals surface area contributed by atoms with Crippen molar-refractivity contribution in [3.63, 3.8) is 0 Å². The lowest BCUT2D eigenvalue weighted by molar-refractivity contribution is 0.292. The normalized spacial score (nSPS) is 20.2. The minimum Gasteiger partial charge on any atom is -0.0913 e. The van der Waals surface area contributed by atoms with Gasteiger partial charge in [0.05, 0.1) is 0 Å². The standard InChI is InChI=1S/C10H10Br4.C10H16Br4.C10H10Br4.C9H9Br3/c11-3-7-1-8(4-12)10(6-14)2-9(7)5-13;1-9(13)4-3-7(5-8(9)12)10(2,14)6-11;11-5-9(13)7-1-2-8(4-3-7)10(14)6-12;10-4-7-1-8(5-11)3-9(2-7)6-12/h1-2H,3-6H2;7-8H,3-6H2,1-2H3;1-4,9-10H,5-6H2;1-3H,4-6H2. The average molecular weight is 1710 g/mol. The molecule has 0 aromatic heterocycles. The minimum atomic E-state index is 0.239. The summed E-state index contributed by atoms with van der Waals surface area (Å²) in [4.78, 5) is 1.37. The molecule has 15 heteroatoms. The molecule has 0 amide bonds. The second-order valence-electron chi connectivity index (χ2n) is 13.0. The van der Waals surface area contributed by atoms with Crippen LogP contribution < -0.4 is 0 Å². The zero-order valence-corrected chi connectivity index (χ0v) is 53.7. The fraction of sp³-hybridized carbons (Fsp3) is 0.538. The molecule has 1 fully saturated rings. The van der Waals surface area contributed by atoms with E-state index in [2.05, 4.69) is 307 Å². The Balaban J connectivity index is 0.000000361. The van der Waals surface area contributed by atoms with Gasteiger partial charge in [0.1, 0.15) is 0 Å². The molecule has 3 aromatic rings. The first kappa shape index (κ1) is 56.9. The summed E-state index contributed by atoms with van der Waals surface area (Å²) in [5.74, 6) is 0.747. The fourth-order valence-electron chi connectivity index (χ4n) is 5.33. The molecule has 4 rings (SSSR count). The van der Waals surface area contributed by atoms with Gasteiger partial charge in [0.15, 0.2) is 0 Å². The Bertz CT molecular complexity index is 1340. The molecule has 0 heterocycles. The topological polar surface area (TPSA) is 0 Å². The van der Waals surface area contributed by atoms with Crippen molar-refractivity contribution in [2.75, 3.05) is 16.0 Å². The Hall–Kier alpha value is 4.86. The highest BCUT2D eigenvalue weighted by Crippen LogP contribution is 2.48. The van der Waals surface area contributed by atoms with Gasteiger partial charge in [-0.2, -0.15) is 0 Å². The summed E-state index contributed by atoms with van der Waals surface area (Å²) >= 11 is 53.5. The number of rotatable bonds is 13. The van der Waals surface area contributed by atoms with E-state index in [-0.39, 0.29) is 8.65 Å². The lowest BCUT2D eigenvalue weighted by Gasteiger charge is -2.42. The molecule has 6 unspecified atom stereocenters. The lowest BCUT2D eigenvalue weighted by Crippen LogP contribution is -2.42. The van der Waals surface area contributed by atoms with Crippen LogP contribution in [0.5, 0.6) is 0 Å². The summed E-state index contributed by atoms with van der Waals surface area (Å²) in [5, 5.41) is 9.31. The predicted octanol–water partition coefficient (Wildman–Crippen LogP) is 20.2. The Morgan fingerprint density at radius 3 is 1.19 bits per heavy atom. The van der Waals surface area contributed by atoms with Crippen LogP contribution in [0.15, 0.2) is 54.6 Å². The van der Waals surface area contributed by atoms with Gasteiger partial charge >= 0.3 is 0 Å². The molecular weight excluding hydrogens is 1670 g/mol. The average Bonchev–Trinajstić information content (AvgIpc) is 3.20. The molecule has 0 nitrogen and oxygen atoms in total. The molecule has 1 aliphatic carbocycles. The second kappa shape index (κ2) is 30.9. The van der Waals surface area contributed by atoms with Gasteiger partial charge in [-0.3, -0.25) is 0 Å². The van der Waals surface area contributed by atoms with Crippen molar-refractivity contribution in [3.8, 4) is 0 Å². The maximum atomic E-state index is 3.82. The van der Waals surface area contributed by atoms with Crippen LogP contribution in [0.3, 0.4) is 0 Å². The molecule has 0 radical (unpaired) electrons. The van der Waals surface area contributed by atoms with Gasteiger partial charge in [0.25, 0.3) is 0 Å². The van der Waals surface area contributed by atoms with Crippen molar-refractivity contribution in [3.05, 3.63) is 105 Å². The zero-order chi connectivity index (χ0) is 41.1. The van der Waals surface area contributed by atoms with Gasteiger partial charge in [0.2, 0.25) is 0 Å². The van der Waals surface area contributed by atoms with Gasteiger partial charge < -0.3 is 0 Å². The van der Waals surface area contributed by atoms with Crippen LogP contribution in [0.4, 0.5) is 0 Å². The predicted molar refractivity (Wildman–Crippen MR) is 297 cm³/mol. The zero-order valence-electron chi connectivity index (χ0n) is 29.9. The molecular formula is C39H45Br15. The molecule has 0 N–H and O–H groups in total. The molecule has 54 heavy (non-hydrogen) atoms. The molecule has 0 aliphatic heterocycles. The Morgan fingerprint density at radius 1 is 0.611 bits per heavy atom. The third kappa shape index (κ3) is 20.1. The van der Waals surface area contributed by atoms with Crippen LogP contribution in [0.1, 0.15) is 92.8 Å². The first-order chi connectivity index (χ1) is 25.5. The van der Waals surface area contributed by atoms with Crippen molar-refractivity contribution in [1.82, 2.24) is 0 Å². The van der Waals surface area contributed by atoms with E-state index in [1.165, 1.54) is 69.3 Å². The highest BCUT2D eigenvalue weighted by Gasteiger charge is 2.42. The summed E-state index contributed by atoms with van der Waals surface area (Å²) < 4.78 is 0.515. The van der Waals surface area contributed by atoms with E-state index in [0.717, 1.165) is 59.2 Å². The fourth-order valence-corrected chi connectivity index (χ4v) is 11.7. The van der Waals surface area contributed by atoms with Crippen LogP contribution >= 0.6 is 239 Å². The Morgan fingerprint density at radius 2 is 0.944 bits per heavy atom. The van der Waals surface area contributed by atoms with Crippen LogP contribution in [0.2, 0.25) is 0 Å². The molecule has 0 spiro atoms. The van der Waals surface area contributed by atoms with Gasteiger partial charge in [-0.25, -0.2) is 0 Å². The van der Waals surface area contributed by atoms with Crippen LogP contribution in [0, 0.1) is 5.92 Å². The third-order valence-electron chi connectivity index (χ3n) is 8.84. The van der Waals surface area contributed by atoms with Crippen LogP contribution in [-0.2, 0) is 37.3 Å². The molecule has 306 valence electrons. The van der Waals surface area contributed by atoms with E-state index < -0.39 is 0 Å². The Kier molecular flexibility index (Phi) is 32.5. The summed E-state index contributed by atoms with van der Waals surface area (Å²) in [5.41, 5.74) is 12.1. The molecule has 0 saturated heterocycles. The number of benzene rings is 3. The number of halogens is 15.